The molecule has 0 heterocycles. The average Bonchev–Trinajstić information content (AvgIpc) is 2.62. The summed E-state index contributed by atoms with van der Waals surface area (Å²) < 4.78 is 57.8. The van der Waals surface area contributed by atoms with Crippen LogP contribution in [0.1, 0.15) is 17.5 Å². The van der Waals surface area contributed by atoms with Crippen molar-refractivity contribution in [2.45, 2.75) is 19.0 Å². The fraction of sp³-hybridized carbons (Fsp3) is 0.150. The molecule has 0 aromatic heterocycles. The van der Waals surface area contributed by atoms with Gasteiger partial charge in [-0.25, -0.2) is 4.39 Å². The van der Waals surface area contributed by atoms with Gasteiger partial charge in [-0.1, -0.05) is 35.9 Å². The minimum atomic E-state index is -4.71. The highest BCUT2D eigenvalue weighted by Crippen LogP contribution is 2.39. The van der Waals surface area contributed by atoms with Gasteiger partial charge in [0.25, 0.3) is 0 Å². The van der Waals surface area contributed by atoms with Crippen molar-refractivity contribution in [3.8, 4) is 17.6 Å². The second-order valence-electron chi connectivity index (χ2n) is 5.83. The smallest absolute Gasteiger partial charge is 0.416 e. The molecule has 2 nitrogen and oxygen atoms in total. The van der Waals surface area contributed by atoms with Gasteiger partial charge in [0.15, 0.2) is 11.6 Å². The van der Waals surface area contributed by atoms with Crippen LogP contribution in [0.15, 0.2) is 48.5 Å². The standard InChI is InChI=1S/C20H12ClF4NO/c21-17-9-14(20(23,24)25)10-18(22)19(17)27-15-7-6-13-4-1-3-12(5-2-8-26)16(13)11-15/h1,3-4,6-7,9-11H,2,5H2. The van der Waals surface area contributed by atoms with E-state index in [1.54, 1.807) is 18.2 Å². The Balaban J connectivity index is 1.99. The lowest BCUT2D eigenvalue weighted by Crippen LogP contribution is -2.06. The van der Waals surface area contributed by atoms with Crippen LogP contribution >= 0.6 is 11.6 Å². The highest BCUT2D eigenvalue weighted by atomic mass is 35.5. The first-order valence-corrected chi connectivity index (χ1v) is 8.30. The number of hydrogen-bond donors (Lipinski definition) is 0. The van der Waals surface area contributed by atoms with Crippen molar-refractivity contribution in [3.05, 3.63) is 70.5 Å². The molecule has 138 valence electrons. The predicted octanol–water partition coefficient (Wildman–Crippen LogP) is 6.90. The summed E-state index contributed by atoms with van der Waals surface area (Å²) in [5.74, 6) is -1.45. The molecule has 3 rings (SSSR count). The second-order valence-corrected chi connectivity index (χ2v) is 6.23. The number of hydrogen-bond acceptors (Lipinski definition) is 2. The maximum Gasteiger partial charge on any atom is 0.416 e. The van der Waals surface area contributed by atoms with Gasteiger partial charge >= 0.3 is 6.18 Å². The summed E-state index contributed by atoms with van der Waals surface area (Å²) >= 11 is 5.81. The Kier molecular flexibility index (Phi) is 5.24. The zero-order valence-corrected chi connectivity index (χ0v) is 14.5. The molecule has 0 amide bonds. The van der Waals surface area contributed by atoms with Crippen molar-refractivity contribution in [3.63, 3.8) is 0 Å². The quantitative estimate of drug-likeness (QED) is 0.452. The first kappa shape index (κ1) is 19.0. The van der Waals surface area contributed by atoms with E-state index in [4.69, 9.17) is 21.6 Å². The van der Waals surface area contributed by atoms with Crippen LogP contribution in [0.25, 0.3) is 10.8 Å². The molecule has 0 fully saturated rings. The maximum atomic E-state index is 14.1. The molecular formula is C20H12ClF4NO. The third kappa shape index (κ3) is 4.15. The molecule has 0 unspecified atom stereocenters. The number of alkyl halides is 3. The highest BCUT2D eigenvalue weighted by molar-refractivity contribution is 6.32. The number of nitriles is 1. The van der Waals surface area contributed by atoms with E-state index in [1.165, 1.54) is 0 Å². The van der Waals surface area contributed by atoms with E-state index >= 15 is 0 Å². The molecule has 27 heavy (non-hydrogen) atoms. The average molecular weight is 394 g/mol. The Hall–Kier alpha value is -2.78. The summed E-state index contributed by atoms with van der Waals surface area (Å²) in [6, 6.07) is 13.6. The van der Waals surface area contributed by atoms with Crippen LogP contribution in [-0.4, -0.2) is 0 Å². The normalized spacial score (nSPS) is 11.4. The first-order valence-electron chi connectivity index (χ1n) is 7.92. The SMILES string of the molecule is N#CCCc1cccc2ccc(Oc3c(F)cc(C(F)(F)F)cc3Cl)cc12. The van der Waals surface area contributed by atoms with Crippen molar-refractivity contribution in [2.24, 2.45) is 0 Å². The molecule has 0 atom stereocenters. The number of ether oxygens (including phenoxy) is 1. The monoisotopic (exact) mass is 393 g/mol. The highest BCUT2D eigenvalue weighted by Gasteiger charge is 2.32. The number of nitrogens with zero attached hydrogens (tertiary/aromatic N) is 1. The molecule has 7 heteroatoms. The van der Waals surface area contributed by atoms with E-state index in [9.17, 15) is 17.6 Å². The Bertz CT molecular complexity index is 1020. The van der Waals surface area contributed by atoms with E-state index < -0.39 is 28.3 Å². The van der Waals surface area contributed by atoms with Crippen LogP contribution in [0.2, 0.25) is 5.02 Å². The van der Waals surface area contributed by atoms with Gasteiger partial charge < -0.3 is 4.74 Å². The fourth-order valence-corrected chi connectivity index (χ4v) is 2.97. The molecule has 3 aromatic carbocycles. The molecule has 0 bridgehead atoms. The van der Waals surface area contributed by atoms with Gasteiger partial charge in [0, 0.05) is 6.42 Å². The molecule has 3 aromatic rings. The van der Waals surface area contributed by atoms with Gasteiger partial charge in [-0.3, -0.25) is 0 Å². The van der Waals surface area contributed by atoms with Crippen molar-refractivity contribution >= 4 is 22.4 Å². The zero-order chi connectivity index (χ0) is 19.6. The van der Waals surface area contributed by atoms with E-state index in [1.807, 2.05) is 18.2 Å². The lowest BCUT2D eigenvalue weighted by atomic mass is 10.0. The van der Waals surface area contributed by atoms with Gasteiger partial charge in [0.1, 0.15) is 5.75 Å². The second kappa shape index (κ2) is 7.45. The maximum absolute atomic E-state index is 14.1. The van der Waals surface area contributed by atoms with Gasteiger partial charge in [-0.2, -0.15) is 18.4 Å². The zero-order valence-electron chi connectivity index (χ0n) is 13.8. The van der Waals surface area contributed by atoms with E-state index in [2.05, 4.69) is 6.07 Å². The van der Waals surface area contributed by atoms with Crippen LogP contribution in [0.3, 0.4) is 0 Å². The molecule has 0 aliphatic carbocycles. The van der Waals surface area contributed by atoms with Crippen LogP contribution in [-0.2, 0) is 12.6 Å². The van der Waals surface area contributed by atoms with Crippen molar-refractivity contribution < 1.29 is 22.3 Å². The molecule has 0 aliphatic heterocycles. The fourth-order valence-electron chi connectivity index (χ4n) is 2.73. The molecule has 0 saturated carbocycles. The Morgan fingerprint density at radius 2 is 1.85 bits per heavy atom. The Morgan fingerprint density at radius 1 is 1.07 bits per heavy atom. The molecule has 0 N–H and O–H groups in total. The summed E-state index contributed by atoms with van der Waals surface area (Å²) in [6.45, 7) is 0. The Labute approximate surface area is 157 Å². The number of fused-ring (bicyclic) bond motifs is 1. The summed E-state index contributed by atoms with van der Waals surface area (Å²) in [5, 5.41) is 10.0. The summed E-state index contributed by atoms with van der Waals surface area (Å²) in [7, 11) is 0. The van der Waals surface area contributed by atoms with Crippen molar-refractivity contribution in [1.29, 1.82) is 5.26 Å². The predicted molar refractivity (Wildman–Crippen MR) is 94.4 cm³/mol. The minimum absolute atomic E-state index is 0.229. The molecule has 0 spiro atoms. The van der Waals surface area contributed by atoms with E-state index in [0.717, 1.165) is 16.3 Å². The van der Waals surface area contributed by atoms with Gasteiger partial charge in [0.05, 0.1) is 16.7 Å². The van der Waals surface area contributed by atoms with Crippen LogP contribution in [0.4, 0.5) is 17.6 Å². The minimum Gasteiger partial charge on any atom is -0.453 e. The lowest BCUT2D eigenvalue weighted by Gasteiger charge is -2.13. The number of rotatable bonds is 4. The summed E-state index contributed by atoms with van der Waals surface area (Å²) in [4.78, 5) is 0. The number of halogens is 5. The van der Waals surface area contributed by atoms with Crippen LogP contribution in [0, 0.1) is 17.1 Å². The number of benzene rings is 3. The van der Waals surface area contributed by atoms with Crippen LogP contribution < -0.4 is 4.74 Å². The largest absolute Gasteiger partial charge is 0.453 e. The van der Waals surface area contributed by atoms with E-state index in [0.29, 0.717) is 25.0 Å². The van der Waals surface area contributed by atoms with Gasteiger partial charge in [0.2, 0.25) is 0 Å². The van der Waals surface area contributed by atoms with E-state index in [-0.39, 0.29) is 5.75 Å². The lowest BCUT2D eigenvalue weighted by molar-refractivity contribution is -0.137. The first-order chi connectivity index (χ1) is 12.8. The molecular weight excluding hydrogens is 382 g/mol. The van der Waals surface area contributed by atoms with Crippen LogP contribution in [0.5, 0.6) is 11.5 Å². The third-order valence-corrected chi connectivity index (χ3v) is 4.28. The van der Waals surface area contributed by atoms with Gasteiger partial charge in [-0.15, -0.1) is 0 Å². The summed E-state index contributed by atoms with van der Waals surface area (Å²) in [5.41, 5.74) is -0.270. The molecule has 0 aliphatic rings. The van der Waals surface area contributed by atoms with Crippen molar-refractivity contribution in [2.75, 3.05) is 0 Å². The molecule has 0 radical (unpaired) electrons. The van der Waals surface area contributed by atoms with Crippen molar-refractivity contribution in [1.82, 2.24) is 0 Å². The summed E-state index contributed by atoms with van der Waals surface area (Å²) in [6.07, 6.45) is -3.84. The number of aryl methyl sites for hydroxylation is 1. The third-order valence-electron chi connectivity index (χ3n) is 4.00. The van der Waals surface area contributed by atoms with Gasteiger partial charge in [-0.05, 0) is 47.0 Å². The topological polar surface area (TPSA) is 33.0 Å². The molecule has 0 saturated heterocycles. The Morgan fingerprint density at radius 3 is 2.52 bits per heavy atom.